The van der Waals surface area contributed by atoms with Crippen LogP contribution in [-0.4, -0.2) is 42.3 Å². The van der Waals surface area contributed by atoms with E-state index in [0.29, 0.717) is 11.5 Å². The van der Waals surface area contributed by atoms with Gasteiger partial charge in [0.25, 0.3) is 8.38 Å². The first-order chi connectivity index (χ1) is 15.8. The average Bonchev–Trinajstić information content (AvgIpc) is 2.77. The van der Waals surface area contributed by atoms with Crippen molar-refractivity contribution >= 4 is 26.5 Å². The first kappa shape index (κ1) is 25.9. The molecule has 1 N–H and O–H groups in total. The smallest absolute Gasteiger partial charge is 0.481 e. The van der Waals surface area contributed by atoms with Crippen LogP contribution in [0, 0.1) is 5.92 Å². The maximum atomic E-state index is 12.7. The van der Waals surface area contributed by atoms with E-state index in [9.17, 15) is 14.4 Å². The highest BCUT2D eigenvalue weighted by molar-refractivity contribution is 7.48. The summed E-state index contributed by atoms with van der Waals surface area (Å²) in [5.74, 6) is -1.55. The number of para-hydroxylation sites is 2. The number of ether oxygens (including phenoxy) is 3. The normalized spacial score (nSPS) is 11.5. The van der Waals surface area contributed by atoms with E-state index in [0.717, 1.165) is 0 Å². The third kappa shape index (κ3) is 10.7. The Morgan fingerprint density at radius 2 is 1.42 bits per heavy atom. The van der Waals surface area contributed by atoms with Crippen molar-refractivity contribution in [3.05, 3.63) is 60.7 Å². The number of hydrogen-bond acceptors (Lipinski definition) is 8. The first-order valence-electron chi connectivity index (χ1n) is 10.3. The Hall–Kier alpha value is -3.32. The third-order valence-electron chi connectivity index (χ3n) is 4.02. The molecule has 0 radical (unpaired) electrons. The molecule has 9 nitrogen and oxygen atoms in total. The Morgan fingerprint density at radius 3 is 1.91 bits per heavy atom. The summed E-state index contributed by atoms with van der Waals surface area (Å²) in [5, 5.41) is 9.09. The van der Waals surface area contributed by atoms with Gasteiger partial charge in [0.15, 0.2) is 0 Å². The molecule has 0 bridgehead atoms. The van der Waals surface area contributed by atoms with Gasteiger partial charge in [-0.05, 0) is 44.5 Å². The molecule has 1 atom stereocenters. The van der Waals surface area contributed by atoms with E-state index < -0.39 is 39.2 Å². The highest BCUT2D eigenvalue weighted by Crippen LogP contribution is 2.43. The van der Waals surface area contributed by atoms with Gasteiger partial charge in [0.2, 0.25) is 6.79 Å². The largest absolute Gasteiger partial charge is 0.511 e. The zero-order valence-electron chi connectivity index (χ0n) is 18.4. The Balaban J connectivity index is 2.07. The molecule has 0 aliphatic heterocycles. The molecule has 0 spiro atoms. The number of rotatable bonds is 13. The van der Waals surface area contributed by atoms with Gasteiger partial charge in [-0.3, -0.25) is 9.59 Å². The van der Waals surface area contributed by atoms with Crippen LogP contribution in [-0.2, 0) is 23.8 Å². The van der Waals surface area contributed by atoms with Gasteiger partial charge in [0.1, 0.15) is 11.5 Å². The summed E-state index contributed by atoms with van der Waals surface area (Å²) in [7, 11) is -1.68. The van der Waals surface area contributed by atoms with Gasteiger partial charge < -0.3 is 28.4 Å². The van der Waals surface area contributed by atoms with E-state index in [2.05, 4.69) is 0 Å². The first-order valence-corrected chi connectivity index (χ1v) is 11.6. The van der Waals surface area contributed by atoms with Crippen LogP contribution in [0.1, 0.15) is 26.7 Å². The van der Waals surface area contributed by atoms with E-state index in [1.807, 2.05) is 12.1 Å². The Kier molecular flexibility index (Phi) is 11.0. The second kappa shape index (κ2) is 14.0. The summed E-state index contributed by atoms with van der Waals surface area (Å²) >= 11 is 0. The van der Waals surface area contributed by atoms with Crippen LogP contribution in [0.5, 0.6) is 11.5 Å². The van der Waals surface area contributed by atoms with E-state index in [-0.39, 0.29) is 25.1 Å². The maximum Gasteiger partial charge on any atom is 0.511 e. The molecule has 178 valence electrons. The Morgan fingerprint density at radius 1 is 0.879 bits per heavy atom. The number of benzene rings is 2. The number of carboxylic acid groups (broad SMARTS) is 1. The molecule has 10 heteroatoms. The predicted octanol–water partition coefficient (Wildman–Crippen LogP) is 5.00. The molecule has 2 aromatic rings. The molecular formula is C23H27O9P. The molecule has 0 saturated heterocycles. The lowest BCUT2D eigenvalue weighted by Crippen LogP contribution is -2.25. The van der Waals surface area contributed by atoms with Crippen LogP contribution >= 0.6 is 8.38 Å². The van der Waals surface area contributed by atoms with Crippen LogP contribution in [0.4, 0.5) is 4.79 Å². The predicted molar refractivity (Wildman–Crippen MR) is 120 cm³/mol. The zero-order valence-corrected chi connectivity index (χ0v) is 19.3. The Labute approximate surface area is 193 Å². The minimum absolute atomic E-state index is 0.000258. The molecule has 0 saturated carbocycles. The SMILES string of the molecule is CC(C)OC(=O)OCOC(=O)C(CCC(=O)O)CP(Oc1ccccc1)Oc1ccccc1. The summed E-state index contributed by atoms with van der Waals surface area (Å²) in [4.78, 5) is 35.2. The van der Waals surface area contributed by atoms with E-state index in [4.69, 9.17) is 28.4 Å². The van der Waals surface area contributed by atoms with E-state index in [1.54, 1.807) is 62.4 Å². The lowest BCUT2D eigenvalue weighted by Gasteiger charge is -2.22. The van der Waals surface area contributed by atoms with Gasteiger partial charge >= 0.3 is 18.1 Å². The summed E-state index contributed by atoms with van der Waals surface area (Å²) in [6.45, 7) is 2.65. The van der Waals surface area contributed by atoms with Crippen LogP contribution in [0.15, 0.2) is 60.7 Å². The molecule has 0 heterocycles. The van der Waals surface area contributed by atoms with Crippen molar-refractivity contribution in [2.24, 2.45) is 5.92 Å². The van der Waals surface area contributed by atoms with Crippen molar-refractivity contribution in [1.82, 2.24) is 0 Å². The standard InChI is InChI=1S/C23H27O9P/c1-17(2)30-23(27)29-16-28-22(26)18(13-14-21(24)25)15-33(31-19-9-5-3-6-10-19)32-20-11-7-4-8-12-20/h3-12,17-18H,13-16H2,1-2H3,(H,24,25). The number of esters is 1. The monoisotopic (exact) mass is 478 g/mol. The minimum Gasteiger partial charge on any atom is -0.481 e. The summed E-state index contributed by atoms with van der Waals surface area (Å²) in [6, 6.07) is 17.9. The fraction of sp³-hybridized carbons (Fsp3) is 0.348. The lowest BCUT2D eigenvalue weighted by molar-refractivity contribution is -0.158. The van der Waals surface area contributed by atoms with Gasteiger partial charge in [0, 0.05) is 6.42 Å². The lowest BCUT2D eigenvalue weighted by atomic mass is 10.1. The summed E-state index contributed by atoms with van der Waals surface area (Å²) < 4.78 is 26.5. The topological polar surface area (TPSA) is 118 Å². The van der Waals surface area contributed by atoms with Gasteiger partial charge in [-0.15, -0.1) is 0 Å². The highest BCUT2D eigenvalue weighted by Gasteiger charge is 2.29. The number of aliphatic carboxylic acids is 1. The van der Waals surface area contributed by atoms with E-state index in [1.165, 1.54) is 0 Å². The summed E-state index contributed by atoms with van der Waals surface area (Å²) in [6.07, 6.45) is -1.54. The van der Waals surface area contributed by atoms with Gasteiger partial charge in [-0.1, -0.05) is 36.4 Å². The fourth-order valence-electron chi connectivity index (χ4n) is 2.53. The second-order valence-electron chi connectivity index (χ2n) is 7.10. The molecule has 0 aromatic heterocycles. The number of carbonyl (C=O) groups excluding carboxylic acids is 2. The second-order valence-corrected chi connectivity index (χ2v) is 8.49. The average molecular weight is 478 g/mol. The van der Waals surface area contributed by atoms with Crippen LogP contribution < -0.4 is 9.05 Å². The van der Waals surface area contributed by atoms with Crippen molar-refractivity contribution in [2.45, 2.75) is 32.8 Å². The molecule has 0 aliphatic rings. The molecule has 0 fully saturated rings. The molecule has 1 unspecified atom stereocenters. The quantitative estimate of drug-likeness (QED) is 0.241. The van der Waals surface area contributed by atoms with Gasteiger partial charge in [-0.2, -0.15) is 0 Å². The van der Waals surface area contributed by atoms with Crippen molar-refractivity contribution in [1.29, 1.82) is 0 Å². The summed E-state index contributed by atoms with van der Waals surface area (Å²) in [5.41, 5.74) is 0. The number of carboxylic acids is 1. The molecule has 0 aliphatic carbocycles. The molecule has 2 rings (SSSR count). The Bertz CT molecular complexity index is 833. The van der Waals surface area contributed by atoms with Crippen LogP contribution in [0.25, 0.3) is 0 Å². The van der Waals surface area contributed by atoms with Gasteiger partial charge in [-0.25, -0.2) is 4.79 Å². The van der Waals surface area contributed by atoms with Crippen molar-refractivity contribution in [3.8, 4) is 11.5 Å². The van der Waals surface area contributed by atoms with Gasteiger partial charge in [0.05, 0.1) is 18.2 Å². The molecule has 0 amide bonds. The number of hydrogen-bond donors (Lipinski definition) is 1. The van der Waals surface area contributed by atoms with Crippen molar-refractivity contribution < 1.29 is 42.7 Å². The van der Waals surface area contributed by atoms with E-state index >= 15 is 0 Å². The molecule has 33 heavy (non-hydrogen) atoms. The van der Waals surface area contributed by atoms with Crippen molar-refractivity contribution in [2.75, 3.05) is 13.0 Å². The fourth-order valence-corrected chi connectivity index (χ4v) is 4.12. The van der Waals surface area contributed by atoms with Crippen LogP contribution in [0.3, 0.4) is 0 Å². The third-order valence-corrected chi connectivity index (χ3v) is 5.59. The maximum absolute atomic E-state index is 12.7. The van der Waals surface area contributed by atoms with Crippen molar-refractivity contribution in [3.63, 3.8) is 0 Å². The number of carbonyl (C=O) groups is 3. The molecule has 2 aromatic carbocycles. The minimum atomic E-state index is -1.68. The molecular weight excluding hydrogens is 451 g/mol. The van der Waals surface area contributed by atoms with Crippen LogP contribution in [0.2, 0.25) is 0 Å². The highest BCUT2D eigenvalue weighted by atomic mass is 31.2. The zero-order chi connectivity index (χ0) is 24.1.